The molecule has 3 aromatic rings. The molecule has 1 amide bonds. The summed E-state index contributed by atoms with van der Waals surface area (Å²) in [7, 11) is -3.68. The third-order valence-electron chi connectivity index (χ3n) is 3.47. The van der Waals surface area contributed by atoms with Crippen molar-refractivity contribution < 1.29 is 13.2 Å². The summed E-state index contributed by atoms with van der Waals surface area (Å²) in [5.41, 5.74) is 0.305. The lowest BCUT2D eigenvalue weighted by Gasteiger charge is -2.08. The van der Waals surface area contributed by atoms with Gasteiger partial charge in [-0.15, -0.1) is 22.7 Å². The highest BCUT2D eigenvalue weighted by molar-refractivity contribution is 9.10. The monoisotopic (exact) mass is 470 g/mol. The van der Waals surface area contributed by atoms with Gasteiger partial charge in [-0.05, 0) is 51.6 Å². The maximum atomic E-state index is 12.4. The van der Waals surface area contributed by atoms with Gasteiger partial charge in [-0.1, -0.05) is 12.1 Å². The van der Waals surface area contributed by atoms with E-state index in [1.165, 1.54) is 34.8 Å². The number of halogens is 1. The van der Waals surface area contributed by atoms with E-state index in [9.17, 15) is 13.2 Å². The van der Waals surface area contributed by atoms with Crippen molar-refractivity contribution in [2.75, 3.05) is 0 Å². The number of rotatable bonds is 7. The Balaban J connectivity index is 1.67. The van der Waals surface area contributed by atoms with E-state index in [1.54, 1.807) is 12.1 Å². The molecule has 0 saturated carbocycles. The topological polar surface area (TPSA) is 75.3 Å². The van der Waals surface area contributed by atoms with Crippen LogP contribution in [0.5, 0.6) is 0 Å². The summed E-state index contributed by atoms with van der Waals surface area (Å²) >= 11 is 6.38. The van der Waals surface area contributed by atoms with E-state index in [-0.39, 0.29) is 17.3 Å². The van der Waals surface area contributed by atoms with Crippen molar-refractivity contribution in [3.05, 3.63) is 73.0 Å². The van der Waals surface area contributed by atoms with E-state index >= 15 is 0 Å². The zero-order chi connectivity index (χ0) is 18.6. The molecule has 0 aliphatic carbocycles. The van der Waals surface area contributed by atoms with Gasteiger partial charge < -0.3 is 5.32 Å². The molecule has 0 aliphatic heterocycles. The van der Waals surface area contributed by atoms with Crippen LogP contribution in [-0.4, -0.2) is 14.3 Å². The van der Waals surface area contributed by atoms with E-state index in [1.807, 2.05) is 29.0 Å². The molecule has 3 rings (SSSR count). The number of hydrogen-bond donors (Lipinski definition) is 2. The highest BCUT2D eigenvalue weighted by atomic mass is 79.9. The average Bonchev–Trinajstić information content (AvgIpc) is 3.29. The second-order valence-corrected chi connectivity index (χ2v) is 10.1. The van der Waals surface area contributed by atoms with Gasteiger partial charge in [0.15, 0.2) is 0 Å². The Morgan fingerprint density at radius 2 is 1.88 bits per heavy atom. The second kappa shape index (κ2) is 8.45. The highest BCUT2D eigenvalue weighted by Crippen LogP contribution is 2.19. The number of amides is 1. The summed E-state index contributed by atoms with van der Waals surface area (Å²) in [4.78, 5) is 14.3. The zero-order valence-corrected chi connectivity index (χ0v) is 17.5. The molecule has 2 heterocycles. The maximum absolute atomic E-state index is 12.4. The van der Waals surface area contributed by atoms with E-state index in [2.05, 4.69) is 26.0 Å². The molecule has 0 unspecified atom stereocenters. The summed E-state index contributed by atoms with van der Waals surface area (Å²) in [5, 5.41) is 6.63. The Morgan fingerprint density at radius 3 is 2.58 bits per heavy atom. The van der Waals surface area contributed by atoms with Gasteiger partial charge in [0.25, 0.3) is 5.91 Å². The fraction of sp³-hybridized carbons (Fsp3) is 0.118. The molecule has 0 fully saturated rings. The van der Waals surface area contributed by atoms with Gasteiger partial charge in [-0.3, -0.25) is 4.79 Å². The molecular weight excluding hydrogens is 456 g/mol. The first-order chi connectivity index (χ1) is 12.4. The Bertz CT molecular complexity index is 998. The first kappa shape index (κ1) is 19.2. The number of benzene rings is 1. The van der Waals surface area contributed by atoms with Crippen molar-refractivity contribution in [3.63, 3.8) is 0 Å². The van der Waals surface area contributed by atoms with Crippen LogP contribution in [0.25, 0.3) is 0 Å². The first-order valence-electron chi connectivity index (χ1n) is 7.57. The van der Waals surface area contributed by atoms with Crippen LogP contribution in [0.4, 0.5) is 0 Å². The lowest BCUT2D eigenvalue weighted by Crippen LogP contribution is -2.25. The maximum Gasteiger partial charge on any atom is 0.251 e. The number of hydrogen-bond acceptors (Lipinski definition) is 5. The average molecular weight is 471 g/mol. The molecule has 0 spiro atoms. The van der Waals surface area contributed by atoms with Crippen molar-refractivity contribution in [1.29, 1.82) is 0 Å². The van der Waals surface area contributed by atoms with Crippen LogP contribution in [0.15, 0.2) is 62.6 Å². The number of thiophene rings is 2. The van der Waals surface area contributed by atoms with Gasteiger partial charge in [0.05, 0.1) is 11.4 Å². The number of carbonyl (C=O) groups is 1. The molecule has 26 heavy (non-hydrogen) atoms. The van der Waals surface area contributed by atoms with Crippen molar-refractivity contribution in [1.82, 2.24) is 10.0 Å². The van der Waals surface area contributed by atoms with Gasteiger partial charge >= 0.3 is 0 Å². The molecular formula is C17H15BrN2O3S3. The van der Waals surface area contributed by atoms with E-state index < -0.39 is 10.0 Å². The van der Waals surface area contributed by atoms with Crippen LogP contribution in [0.1, 0.15) is 20.1 Å². The molecule has 9 heteroatoms. The smallest absolute Gasteiger partial charge is 0.251 e. The number of nitrogens with one attached hydrogen (secondary N) is 2. The normalized spacial score (nSPS) is 11.4. The fourth-order valence-corrected chi connectivity index (χ4v) is 5.36. The summed E-state index contributed by atoms with van der Waals surface area (Å²) in [6.45, 7) is 0.617. The fourth-order valence-electron chi connectivity index (χ4n) is 2.18. The van der Waals surface area contributed by atoms with Crippen LogP contribution >= 0.6 is 38.6 Å². The third kappa shape index (κ3) is 5.01. The molecule has 0 saturated heterocycles. The van der Waals surface area contributed by atoms with Gasteiger partial charge in [-0.2, -0.15) is 0 Å². The van der Waals surface area contributed by atoms with E-state index in [0.717, 1.165) is 14.2 Å². The third-order valence-corrected chi connectivity index (χ3v) is 7.44. The minimum Gasteiger partial charge on any atom is -0.347 e. The molecule has 1 aromatic carbocycles. The molecule has 2 N–H and O–H groups in total. The minimum absolute atomic E-state index is 0.0700. The van der Waals surface area contributed by atoms with E-state index in [0.29, 0.717) is 12.1 Å². The zero-order valence-electron chi connectivity index (χ0n) is 13.4. The van der Waals surface area contributed by atoms with Crippen LogP contribution in [0.3, 0.4) is 0 Å². The van der Waals surface area contributed by atoms with Crippen LogP contribution < -0.4 is 10.0 Å². The molecule has 136 valence electrons. The Labute approximate surface area is 168 Å². The predicted molar refractivity (Wildman–Crippen MR) is 108 cm³/mol. The Kier molecular flexibility index (Phi) is 6.25. The van der Waals surface area contributed by atoms with Gasteiger partial charge in [0.2, 0.25) is 10.0 Å². The molecule has 0 aliphatic rings. The molecule has 5 nitrogen and oxygen atoms in total. The molecule has 0 atom stereocenters. The van der Waals surface area contributed by atoms with Gasteiger partial charge in [-0.25, -0.2) is 13.1 Å². The Morgan fingerprint density at radius 1 is 1.04 bits per heavy atom. The van der Waals surface area contributed by atoms with Crippen molar-refractivity contribution >= 4 is 54.5 Å². The van der Waals surface area contributed by atoms with Crippen molar-refractivity contribution in [3.8, 4) is 0 Å². The second-order valence-electron chi connectivity index (χ2n) is 5.35. The summed E-state index contributed by atoms with van der Waals surface area (Å²) in [6, 6.07) is 11.7. The summed E-state index contributed by atoms with van der Waals surface area (Å²) in [5.74, 6) is -0.315. The van der Waals surface area contributed by atoms with Crippen LogP contribution in [0, 0.1) is 0 Å². The standard InChI is InChI=1S/C17H15BrN2O3S3/c18-13-8-15(25-11-13)9-19-17(21)12-3-1-5-16(7-12)26(22,23)20-10-14-4-2-6-24-14/h1-8,11,20H,9-10H2,(H,19,21). The SMILES string of the molecule is O=C(NCc1cc(Br)cs1)c1cccc(S(=O)(=O)NCc2cccs2)c1. The van der Waals surface area contributed by atoms with E-state index in [4.69, 9.17) is 0 Å². The van der Waals surface area contributed by atoms with Crippen molar-refractivity contribution in [2.24, 2.45) is 0 Å². The quantitative estimate of drug-likeness (QED) is 0.548. The molecule has 0 bridgehead atoms. The lowest BCUT2D eigenvalue weighted by molar-refractivity contribution is 0.0951. The largest absolute Gasteiger partial charge is 0.347 e. The molecule has 0 radical (unpaired) electrons. The Hall–Kier alpha value is -1.52. The number of carbonyl (C=O) groups excluding carboxylic acids is 1. The number of sulfonamides is 1. The summed E-state index contributed by atoms with van der Waals surface area (Å²) in [6.07, 6.45) is 0. The predicted octanol–water partition coefficient (Wildman–Crippen LogP) is 3.98. The minimum atomic E-state index is -3.68. The highest BCUT2D eigenvalue weighted by Gasteiger charge is 2.16. The first-order valence-corrected chi connectivity index (χ1v) is 11.6. The van der Waals surface area contributed by atoms with Crippen LogP contribution in [-0.2, 0) is 23.1 Å². The van der Waals surface area contributed by atoms with Crippen LogP contribution in [0.2, 0.25) is 0 Å². The summed E-state index contributed by atoms with van der Waals surface area (Å²) < 4.78 is 28.4. The van der Waals surface area contributed by atoms with Crippen molar-refractivity contribution in [2.45, 2.75) is 18.0 Å². The van der Waals surface area contributed by atoms with Gasteiger partial charge in [0.1, 0.15) is 0 Å². The molecule has 2 aromatic heterocycles. The van der Waals surface area contributed by atoms with Gasteiger partial charge in [0, 0.05) is 31.7 Å². The lowest BCUT2D eigenvalue weighted by atomic mass is 10.2.